The van der Waals surface area contributed by atoms with E-state index in [0.29, 0.717) is 29.7 Å². The zero-order valence-electron chi connectivity index (χ0n) is 22.3. The fraction of sp³-hybridized carbons (Fsp3) is 0.333. The smallest absolute Gasteiger partial charge is 0.223 e. The fourth-order valence-electron chi connectivity index (χ4n) is 4.57. The van der Waals surface area contributed by atoms with Crippen molar-refractivity contribution in [1.82, 2.24) is 30.0 Å². The number of methoxy groups -OCH3 is 2. The summed E-state index contributed by atoms with van der Waals surface area (Å²) in [6, 6.07) is 2.09. The van der Waals surface area contributed by atoms with Gasteiger partial charge in [-0.3, -0.25) is 10.00 Å². The summed E-state index contributed by atoms with van der Waals surface area (Å²) >= 11 is 0. The number of aliphatic hydroxyl groups is 2. The Morgan fingerprint density at radius 3 is 2.56 bits per heavy atom. The van der Waals surface area contributed by atoms with Crippen molar-refractivity contribution in [3.05, 3.63) is 55.0 Å². The Morgan fingerprint density at radius 1 is 1.15 bits per heavy atom. The summed E-state index contributed by atoms with van der Waals surface area (Å²) in [7, 11) is 2.54. The molecule has 1 aliphatic rings. The number of nitrogens with one attached hydrogen (secondary N) is 2. The van der Waals surface area contributed by atoms with Crippen molar-refractivity contribution < 1.29 is 33.2 Å². The van der Waals surface area contributed by atoms with Gasteiger partial charge in [0.25, 0.3) is 0 Å². The highest BCUT2D eigenvalue weighted by Crippen LogP contribution is 2.39. The first-order valence-corrected chi connectivity index (χ1v) is 12.7. The number of hydrogen-bond donors (Lipinski definition) is 4. The van der Waals surface area contributed by atoms with E-state index in [1.54, 1.807) is 6.20 Å². The second-order valence-electron chi connectivity index (χ2n) is 9.23. The fourth-order valence-corrected chi connectivity index (χ4v) is 4.57. The maximum absolute atomic E-state index is 15.4. The van der Waals surface area contributed by atoms with Crippen LogP contribution >= 0.6 is 0 Å². The van der Waals surface area contributed by atoms with E-state index < -0.39 is 23.4 Å². The van der Waals surface area contributed by atoms with Gasteiger partial charge in [-0.15, -0.1) is 0 Å². The highest BCUT2D eigenvalue weighted by atomic mass is 19.1. The van der Waals surface area contributed by atoms with Gasteiger partial charge in [-0.1, -0.05) is 6.58 Å². The molecule has 1 aliphatic heterocycles. The Morgan fingerprint density at radius 2 is 1.88 bits per heavy atom. The number of fused-ring (bicyclic) bond motifs is 1. The van der Waals surface area contributed by atoms with Gasteiger partial charge in [0.1, 0.15) is 17.4 Å². The maximum Gasteiger partial charge on any atom is 0.223 e. The lowest BCUT2D eigenvalue weighted by atomic mass is 10.0. The molecule has 1 unspecified atom stereocenters. The molecule has 4 N–H and O–H groups in total. The lowest BCUT2D eigenvalue weighted by molar-refractivity contribution is 0.149. The van der Waals surface area contributed by atoms with Crippen LogP contribution in [0.3, 0.4) is 0 Å². The normalized spacial score (nSPS) is 17.5. The van der Waals surface area contributed by atoms with E-state index in [1.165, 1.54) is 43.4 Å². The highest BCUT2D eigenvalue weighted by Gasteiger charge is 2.30. The molecule has 41 heavy (non-hydrogen) atoms. The van der Waals surface area contributed by atoms with Crippen LogP contribution in [0.2, 0.25) is 0 Å². The number of rotatable bonds is 11. The van der Waals surface area contributed by atoms with Crippen LogP contribution in [0.25, 0.3) is 33.4 Å². The third-order valence-electron chi connectivity index (χ3n) is 6.63. The van der Waals surface area contributed by atoms with Gasteiger partial charge in [0.15, 0.2) is 23.1 Å². The zero-order valence-corrected chi connectivity index (χ0v) is 22.3. The van der Waals surface area contributed by atoms with Crippen molar-refractivity contribution >= 4 is 16.9 Å². The molecule has 14 heteroatoms. The second kappa shape index (κ2) is 12.1. The van der Waals surface area contributed by atoms with Gasteiger partial charge >= 0.3 is 0 Å². The topological polar surface area (TPSA) is 149 Å². The molecule has 1 saturated heterocycles. The highest BCUT2D eigenvalue weighted by molar-refractivity contribution is 5.94. The molecule has 3 aromatic heterocycles. The van der Waals surface area contributed by atoms with Crippen LogP contribution in [0.5, 0.6) is 11.5 Å². The summed E-state index contributed by atoms with van der Waals surface area (Å²) in [5, 5.41) is 30.2. The second-order valence-corrected chi connectivity index (χ2v) is 9.23. The summed E-state index contributed by atoms with van der Waals surface area (Å²) < 4.78 is 48.1. The number of halogens is 2. The Bertz CT molecular complexity index is 1540. The first-order chi connectivity index (χ1) is 19.9. The van der Waals surface area contributed by atoms with E-state index in [9.17, 15) is 10.2 Å². The van der Waals surface area contributed by atoms with E-state index in [1.807, 2.05) is 0 Å². The molecule has 4 heterocycles. The molecular weight excluding hydrogens is 540 g/mol. The molecule has 1 aromatic carbocycles. The quantitative estimate of drug-likeness (QED) is 0.155. The van der Waals surface area contributed by atoms with Crippen molar-refractivity contribution in [3.8, 4) is 34.0 Å². The molecule has 0 bridgehead atoms. The Hall–Kier alpha value is -4.24. The van der Waals surface area contributed by atoms with Crippen molar-refractivity contribution in [2.75, 3.05) is 39.4 Å². The lowest BCUT2D eigenvalue weighted by Crippen LogP contribution is -2.47. The molecular formula is C27H29F2N7O5. The number of nitrogens with zero attached hydrogens (tertiary/aromatic N) is 5. The van der Waals surface area contributed by atoms with Gasteiger partial charge in [-0.05, 0) is 12.1 Å². The number of anilines is 1. The van der Waals surface area contributed by atoms with Crippen molar-refractivity contribution in [3.63, 3.8) is 0 Å². The monoisotopic (exact) mass is 569 g/mol. The minimum Gasteiger partial charge on any atom is -0.494 e. The molecule has 5 rings (SSSR count). The summed E-state index contributed by atoms with van der Waals surface area (Å²) in [5.41, 5.74) is 0.702. The minimum atomic E-state index is -0.944. The van der Waals surface area contributed by atoms with E-state index >= 15 is 8.78 Å². The molecule has 0 amide bonds. The van der Waals surface area contributed by atoms with Crippen LogP contribution in [0.15, 0.2) is 43.4 Å². The number of benzene rings is 1. The van der Waals surface area contributed by atoms with Gasteiger partial charge < -0.3 is 29.7 Å². The van der Waals surface area contributed by atoms with Gasteiger partial charge in [0.2, 0.25) is 5.95 Å². The van der Waals surface area contributed by atoms with Crippen molar-refractivity contribution in [1.29, 1.82) is 0 Å². The predicted octanol–water partition coefficient (Wildman–Crippen LogP) is 2.12. The van der Waals surface area contributed by atoms with Crippen LogP contribution in [-0.2, 0) is 11.3 Å². The minimum absolute atomic E-state index is 0.0363. The lowest BCUT2D eigenvalue weighted by Gasteiger charge is -2.22. The van der Waals surface area contributed by atoms with Crippen LogP contribution in [0.1, 0.15) is 0 Å². The van der Waals surface area contributed by atoms with Gasteiger partial charge in [-0.25, -0.2) is 23.7 Å². The SMILES string of the molecule is C=CC(O)N[C@H]1COC[C@H]1Nc1ncc2cc(-c3c(F)c(OC)cc(OC)c3F)nc(-c3cnn(CCO)c3)c2n1. The van der Waals surface area contributed by atoms with Gasteiger partial charge in [-0.2, -0.15) is 5.10 Å². The standard InChI is InChI=1S/C27H29F2N7O5/c1-4-21(38)32-17-12-41-13-18(17)34-27-30-9-14-7-16(22-23(28)19(39-2)8-20(40-3)24(22)29)33-26(25(14)35-27)15-10-31-36(11-15)5-6-37/h4,7-11,17-18,21,32,37-38H,1,5-6,12-13H2,2-3H3,(H,30,34,35)/t17-,18+,21?/m0/s1. The first-order valence-electron chi connectivity index (χ1n) is 12.7. The first kappa shape index (κ1) is 28.3. The van der Waals surface area contributed by atoms with Crippen molar-refractivity contribution in [2.24, 2.45) is 0 Å². The molecule has 216 valence electrons. The van der Waals surface area contributed by atoms with Gasteiger partial charge in [0, 0.05) is 29.4 Å². The number of pyridine rings is 1. The summed E-state index contributed by atoms with van der Waals surface area (Å²) in [6.07, 6.45) is 5.15. The molecule has 12 nitrogen and oxygen atoms in total. The molecule has 0 spiro atoms. The average Bonchev–Trinajstić information content (AvgIpc) is 3.62. The third kappa shape index (κ3) is 5.67. The van der Waals surface area contributed by atoms with E-state index in [0.717, 1.165) is 6.07 Å². The van der Waals surface area contributed by atoms with Crippen LogP contribution in [0, 0.1) is 11.6 Å². The molecule has 0 radical (unpaired) electrons. The molecule has 4 aromatic rings. The third-order valence-corrected chi connectivity index (χ3v) is 6.63. The van der Waals surface area contributed by atoms with Crippen LogP contribution in [0.4, 0.5) is 14.7 Å². The predicted molar refractivity (Wildman–Crippen MR) is 145 cm³/mol. The number of aromatic nitrogens is 5. The molecule has 0 aliphatic carbocycles. The summed E-state index contributed by atoms with van der Waals surface area (Å²) in [6.45, 7) is 4.38. The maximum atomic E-state index is 15.4. The number of ether oxygens (including phenoxy) is 3. The van der Waals surface area contributed by atoms with Crippen molar-refractivity contribution in [2.45, 2.75) is 24.9 Å². The van der Waals surface area contributed by atoms with Gasteiger partial charge in [0.05, 0.1) is 70.1 Å². The Labute approximate surface area is 233 Å². The van der Waals surface area contributed by atoms with E-state index in [-0.39, 0.29) is 54.1 Å². The van der Waals surface area contributed by atoms with Crippen LogP contribution < -0.4 is 20.1 Å². The number of aliphatic hydroxyl groups excluding tert-OH is 2. The van der Waals surface area contributed by atoms with E-state index in [2.05, 4.69) is 37.3 Å². The summed E-state index contributed by atoms with van der Waals surface area (Å²) in [4.78, 5) is 13.7. The van der Waals surface area contributed by atoms with Crippen LogP contribution in [-0.4, -0.2) is 87.3 Å². The Balaban J connectivity index is 1.63. The molecule has 0 saturated carbocycles. The molecule has 3 atom stereocenters. The largest absolute Gasteiger partial charge is 0.494 e. The summed E-state index contributed by atoms with van der Waals surface area (Å²) in [5.74, 6) is -2.05. The number of hydrogen-bond acceptors (Lipinski definition) is 11. The Kier molecular flexibility index (Phi) is 8.35. The average molecular weight is 570 g/mol. The van der Waals surface area contributed by atoms with E-state index in [4.69, 9.17) is 14.2 Å². The zero-order chi connectivity index (χ0) is 29.1. The molecule has 1 fully saturated rings.